The predicted octanol–water partition coefficient (Wildman–Crippen LogP) is 5.78. The highest BCUT2D eigenvalue weighted by atomic mass is 35.5. The number of imidazole rings is 1. The molecule has 4 rings (SSSR count). The van der Waals surface area contributed by atoms with E-state index >= 15 is 0 Å². The van der Waals surface area contributed by atoms with Crippen LogP contribution < -0.4 is 5.32 Å². The summed E-state index contributed by atoms with van der Waals surface area (Å²) in [5.41, 5.74) is 6.00. The lowest BCUT2D eigenvalue weighted by atomic mass is 10.1. The number of halogens is 1. The van der Waals surface area contributed by atoms with Gasteiger partial charge in [-0.15, -0.1) is 0 Å². The van der Waals surface area contributed by atoms with Crippen molar-refractivity contribution in [1.82, 2.24) is 14.7 Å². The first-order chi connectivity index (χ1) is 14.5. The van der Waals surface area contributed by atoms with Gasteiger partial charge in [-0.1, -0.05) is 54.1 Å². The van der Waals surface area contributed by atoms with Crippen LogP contribution in [0.2, 0.25) is 5.02 Å². The molecule has 0 spiro atoms. The smallest absolute Gasteiger partial charge is 0.220 e. The van der Waals surface area contributed by atoms with E-state index in [0.717, 1.165) is 33.7 Å². The van der Waals surface area contributed by atoms with Crippen LogP contribution in [-0.4, -0.2) is 21.3 Å². The Labute approximate surface area is 181 Å². The summed E-state index contributed by atoms with van der Waals surface area (Å²) in [4.78, 5) is 17.2. The van der Waals surface area contributed by atoms with E-state index in [1.807, 2.05) is 62.4 Å². The van der Waals surface area contributed by atoms with Gasteiger partial charge in [-0.25, -0.2) is 4.98 Å². The lowest BCUT2D eigenvalue weighted by Crippen LogP contribution is -2.30. The first-order valence-electron chi connectivity index (χ1n) is 10.1. The average molecular weight is 418 g/mol. The zero-order valence-corrected chi connectivity index (χ0v) is 17.9. The molecule has 0 aliphatic carbocycles. The SMILES string of the molecule is CC(C)NC(=O)CCc1c(-c2ccc(Cl)cc2)nc2ccc(-c3ccccc3)cn12. The molecule has 0 saturated carbocycles. The number of nitrogens with zero attached hydrogens (tertiary/aromatic N) is 2. The summed E-state index contributed by atoms with van der Waals surface area (Å²) in [6.07, 6.45) is 3.10. The summed E-state index contributed by atoms with van der Waals surface area (Å²) >= 11 is 6.08. The van der Waals surface area contributed by atoms with Gasteiger partial charge in [0.2, 0.25) is 5.91 Å². The molecule has 4 aromatic rings. The van der Waals surface area contributed by atoms with Gasteiger partial charge in [0, 0.05) is 29.2 Å². The summed E-state index contributed by atoms with van der Waals surface area (Å²) in [7, 11) is 0. The minimum absolute atomic E-state index is 0.0428. The number of amides is 1. The molecule has 2 aromatic heterocycles. The first-order valence-corrected chi connectivity index (χ1v) is 10.5. The van der Waals surface area contributed by atoms with Gasteiger partial charge in [0.25, 0.3) is 0 Å². The second-order valence-electron chi connectivity index (χ2n) is 7.65. The summed E-state index contributed by atoms with van der Waals surface area (Å²) in [6, 6.07) is 22.2. The van der Waals surface area contributed by atoms with Gasteiger partial charge >= 0.3 is 0 Å². The Morgan fingerprint density at radius 1 is 0.967 bits per heavy atom. The molecule has 0 radical (unpaired) electrons. The number of carbonyl (C=O) groups is 1. The Bertz CT molecular complexity index is 1160. The van der Waals surface area contributed by atoms with E-state index in [-0.39, 0.29) is 11.9 Å². The van der Waals surface area contributed by atoms with Crippen LogP contribution in [0.15, 0.2) is 72.9 Å². The molecule has 5 heteroatoms. The Morgan fingerprint density at radius 2 is 1.67 bits per heavy atom. The van der Waals surface area contributed by atoms with Crippen molar-refractivity contribution in [3.63, 3.8) is 0 Å². The van der Waals surface area contributed by atoms with Crippen LogP contribution in [-0.2, 0) is 11.2 Å². The highest BCUT2D eigenvalue weighted by molar-refractivity contribution is 6.30. The van der Waals surface area contributed by atoms with Crippen LogP contribution in [0.4, 0.5) is 0 Å². The number of pyridine rings is 1. The summed E-state index contributed by atoms with van der Waals surface area (Å²) in [5, 5.41) is 3.66. The first kappa shape index (κ1) is 20.2. The number of benzene rings is 2. The van der Waals surface area contributed by atoms with E-state index in [4.69, 9.17) is 16.6 Å². The molecule has 2 aromatic carbocycles. The minimum atomic E-state index is 0.0428. The molecule has 30 heavy (non-hydrogen) atoms. The van der Waals surface area contributed by atoms with Crippen LogP contribution in [0.1, 0.15) is 26.0 Å². The fraction of sp³-hybridized carbons (Fsp3) is 0.200. The molecule has 0 bridgehead atoms. The summed E-state index contributed by atoms with van der Waals surface area (Å²) in [6.45, 7) is 3.94. The lowest BCUT2D eigenvalue weighted by Gasteiger charge is -2.10. The molecule has 0 fully saturated rings. The molecule has 0 aliphatic heterocycles. The Balaban J connectivity index is 1.79. The van der Waals surface area contributed by atoms with E-state index in [0.29, 0.717) is 17.9 Å². The fourth-order valence-electron chi connectivity index (χ4n) is 3.60. The van der Waals surface area contributed by atoms with Gasteiger partial charge in [0.15, 0.2) is 0 Å². The number of hydrogen-bond acceptors (Lipinski definition) is 2. The van der Waals surface area contributed by atoms with Gasteiger partial charge < -0.3 is 9.72 Å². The van der Waals surface area contributed by atoms with Crippen molar-refractivity contribution in [3.05, 3.63) is 83.6 Å². The molecule has 0 saturated heterocycles. The van der Waals surface area contributed by atoms with Crippen molar-refractivity contribution in [2.75, 3.05) is 0 Å². The maximum atomic E-state index is 12.3. The zero-order chi connectivity index (χ0) is 21.1. The monoisotopic (exact) mass is 417 g/mol. The van der Waals surface area contributed by atoms with E-state index < -0.39 is 0 Å². The van der Waals surface area contributed by atoms with Crippen LogP contribution in [0, 0.1) is 0 Å². The van der Waals surface area contributed by atoms with Gasteiger partial charge in [-0.05, 0) is 55.7 Å². The van der Waals surface area contributed by atoms with Crippen molar-refractivity contribution >= 4 is 23.2 Å². The Morgan fingerprint density at radius 3 is 2.37 bits per heavy atom. The third-order valence-electron chi connectivity index (χ3n) is 4.98. The zero-order valence-electron chi connectivity index (χ0n) is 17.1. The molecular formula is C25H24ClN3O. The van der Waals surface area contributed by atoms with Crippen LogP contribution in [0.25, 0.3) is 28.0 Å². The third kappa shape index (κ3) is 4.39. The van der Waals surface area contributed by atoms with Crippen molar-refractivity contribution in [3.8, 4) is 22.4 Å². The second kappa shape index (κ2) is 8.72. The standard InChI is InChI=1S/C25H24ClN3O/c1-17(2)27-24(30)15-13-22-25(19-8-11-21(26)12-9-19)28-23-14-10-20(16-29(22)23)18-6-4-3-5-7-18/h3-12,14,16-17H,13,15H2,1-2H3,(H,27,30). The summed E-state index contributed by atoms with van der Waals surface area (Å²) in [5.74, 6) is 0.0428. The molecule has 4 nitrogen and oxygen atoms in total. The second-order valence-corrected chi connectivity index (χ2v) is 8.08. The van der Waals surface area contributed by atoms with Gasteiger partial charge in [0.05, 0.1) is 11.4 Å². The largest absolute Gasteiger partial charge is 0.354 e. The normalized spacial score (nSPS) is 11.2. The number of rotatable bonds is 6. The van der Waals surface area contributed by atoms with Crippen LogP contribution in [0.5, 0.6) is 0 Å². The molecule has 152 valence electrons. The minimum Gasteiger partial charge on any atom is -0.354 e. The quantitative estimate of drug-likeness (QED) is 0.432. The Kier molecular flexibility index (Phi) is 5.86. The van der Waals surface area contributed by atoms with E-state index in [9.17, 15) is 4.79 Å². The lowest BCUT2D eigenvalue weighted by molar-refractivity contribution is -0.121. The van der Waals surface area contributed by atoms with Crippen molar-refractivity contribution < 1.29 is 4.79 Å². The van der Waals surface area contributed by atoms with Crippen LogP contribution >= 0.6 is 11.6 Å². The summed E-state index contributed by atoms with van der Waals surface area (Å²) < 4.78 is 2.11. The number of aromatic nitrogens is 2. The maximum Gasteiger partial charge on any atom is 0.220 e. The fourth-order valence-corrected chi connectivity index (χ4v) is 3.72. The molecule has 2 heterocycles. The van der Waals surface area contributed by atoms with E-state index in [1.54, 1.807) is 0 Å². The van der Waals surface area contributed by atoms with E-state index in [2.05, 4.69) is 34.1 Å². The number of fused-ring (bicyclic) bond motifs is 1. The third-order valence-corrected chi connectivity index (χ3v) is 5.23. The number of aryl methyl sites for hydroxylation is 1. The van der Waals surface area contributed by atoms with E-state index in [1.165, 1.54) is 0 Å². The maximum absolute atomic E-state index is 12.3. The topological polar surface area (TPSA) is 46.4 Å². The van der Waals surface area contributed by atoms with Crippen molar-refractivity contribution in [1.29, 1.82) is 0 Å². The number of nitrogens with one attached hydrogen (secondary N) is 1. The molecular weight excluding hydrogens is 394 g/mol. The van der Waals surface area contributed by atoms with Gasteiger partial charge in [0.1, 0.15) is 5.65 Å². The molecule has 0 atom stereocenters. The molecule has 0 aliphatic rings. The molecule has 0 unspecified atom stereocenters. The molecule has 1 amide bonds. The van der Waals surface area contributed by atoms with Gasteiger partial charge in [-0.2, -0.15) is 0 Å². The van der Waals surface area contributed by atoms with Crippen LogP contribution in [0.3, 0.4) is 0 Å². The Hall–Kier alpha value is -3.11. The molecule has 1 N–H and O–H groups in total. The van der Waals surface area contributed by atoms with Crippen molar-refractivity contribution in [2.24, 2.45) is 0 Å². The highest BCUT2D eigenvalue weighted by Gasteiger charge is 2.16. The van der Waals surface area contributed by atoms with Gasteiger partial charge in [-0.3, -0.25) is 4.79 Å². The predicted molar refractivity (Wildman–Crippen MR) is 123 cm³/mol. The highest BCUT2D eigenvalue weighted by Crippen LogP contribution is 2.29. The van der Waals surface area contributed by atoms with Crippen molar-refractivity contribution in [2.45, 2.75) is 32.7 Å². The average Bonchev–Trinajstić information content (AvgIpc) is 3.10. The number of carbonyl (C=O) groups excluding carboxylic acids is 1. The number of hydrogen-bond donors (Lipinski definition) is 1.